The zero-order valence-corrected chi connectivity index (χ0v) is 53.7. The van der Waals surface area contributed by atoms with E-state index in [1.54, 1.807) is 0 Å². The fraction of sp³-hybridized carbons (Fsp3) is 0.697. The van der Waals surface area contributed by atoms with Crippen molar-refractivity contribution >= 4 is 17.9 Å². The van der Waals surface area contributed by atoms with Crippen LogP contribution in [0.2, 0.25) is 0 Å². The molecule has 1 atom stereocenters. The maximum atomic E-state index is 13.0. The van der Waals surface area contributed by atoms with E-state index in [4.69, 9.17) is 14.2 Å². The van der Waals surface area contributed by atoms with Crippen molar-refractivity contribution in [3.05, 3.63) is 122 Å². The van der Waals surface area contributed by atoms with Crippen LogP contribution in [0.4, 0.5) is 0 Å². The molecule has 0 aliphatic heterocycles. The standard InChI is InChI=1S/C76H128O6/c1-4-7-10-13-16-19-22-25-28-30-32-34-36-37-38-39-40-42-43-45-48-51-54-57-60-63-66-69-75(78)81-72-73(71-80-74(77)68-65-62-59-56-53-50-47-27-24-21-18-15-12-9-6-3)82-76(79)70-67-64-61-58-55-52-49-46-44-41-35-33-31-29-26-23-20-17-14-11-8-5-2/h7,9-10,12,16,18-19,21,25,27-28,32,34,37-38,40,42,47,53,56,73H,4-6,8,11,13-15,17,20,22-24,26,29-31,33,35-36,39,41,43-46,48-52,54-55,57-72H2,1-3H3/b10-7-,12-9-,19-16-,21-18-,28-25-,34-32-,38-37-,42-40-,47-27-,56-53-. The molecule has 0 amide bonds. The summed E-state index contributed by atoms with van der Waals surface area (Å²) >= 11 is 0. The van der Waals surface area contributed by atoms with E-state index in [0.717, 1.165) is 128 Å². The van der Waals surface area contributed by atoms with Gasteiger partial charge in [0.05, 0.1) is 0 Å². The van der Waals surface area contributed by atoms with Crippen LogP contribution in [-0.4, -0.2) is 37.2 Å². The van der Waals surface area contributed by atoms with Gasteiger partial charge in [-0.25, -0.2) is 0 Å². The molecule has 0 radical (unpaired) electrons. The van der Waals surface area contributed by atoms with Crippen LogP contribution >= 0.6 is 0 Å². The first-order valence-corrected chi connectivity index (χ1v) is 34.5. The SMILES string of the molecule is CC/C=C\C/C=C\C/C=C\C/C=C\C/C=C\C/C=C\CCCCCCCCCCC(=O)OCC(COC(=O)CCCC/C=C\C/C=C\C/C=C\C/C=C\CC)OC(=O)CCCCCCCCCCCCCCCCCCCCCCCC. The van der Waals surface area contributed by atoms with Crippen molar-refractivity contribution in [1.29, 1.82) is 0 Å². The number of esters is 3. The van der Waals surface area contributed by atoms with Gasteiger partial charge in [0, 0.05) is 19.3 Å². The summed E-state index contributed by atoms with van der Waals surface area (Å²) in [6, 6.07) is 0. The summed E-state index contributed by atoms with van der Waals surface area (Å²) in [7, 11) is 0. The molecule has 0 rings (SSSR count). The highest BCUT2D eigenvalue weighted by Crippen LogP contribution is 2.17. The van der Waals surface area contributed by atoms with E-state index >= 15 is 0 Å². The molecule has 0 aromatic carbocycles. The van der Waals surface area contributed by atoms with Crippen LogP contribution < -0.4 is 0 Å². The third-order valence-electron chi connectivity index (χ3n) is 14.7. The minimum absolute atomic E-state index is 0.0956. The van der Waals surface area contributed by atoms with Gasteiger partial charge in [0.25, 0.3) is 0 Å². The molecule has 6 nitrogen and oxygen atoms in total. The van der Waals surface area contributed by atoms with Gasteiger partial charge in [-0.1, -0.05) is 316 Å². The Morgan fingerprint density at radius 1 is 0.256 bits per heavy atom. The van der Waals surface area contributed by atoms with Crippen LogP contribution in [0.15, 0.2) is 122 Å². The lowest BCUT2D eigenvalue weighted by Crippen LogP contribution is -2.30. The first kappa shape index (κ1) is 77.8. The number of ether oxygens (including phenoxy) is 3. The zero-order valence-electron chi connectivity index (χ0n) is 53.7. The molecule has 0 aliphatic carbocycles. The van der Waals surface area contributed by atoms with Gasteiger partial charge in [-0.3, -0.25) is 14.4 Å². The van der Waals surface area contributed by atoms with Crippen molar-refractivity contribution in [3.63, 3.8) is 0 Å². The molecule has 6 heteroatoms. The molecule has 0 spiro atoms. The summed E-state index contributed by atoms with van der Waals surface area (Å²) in [5.41, 5.74) is 0. The first-order chi connectivity index (χ1) is 40.5. The van der Waals surface area contributed by atoms with Gasteiger partial charge in [-0.05, 0) is 109 Å². The van der Waals surface area contributed by atoms with Gasteiger partial charge in [0.15, 0.2) is 6.10 Å². The molecule has 0 saturated heterocycles. The van der Waals surface area contributed by atoms with E-state index in [1.165, 1.54) is 154 Å². The number of carbonyl (C=O) groups is 3. The fourth-order valence-corrected chi connectivity index (χ4v) is 9.62. The average molecular weight is 1140 g/mol. The minimum atomic E-state index is -0.802. The van der Waals surface area contributed by atoms with Crippen molar-refractivity contribution < 1.29 is 28.6 Å². The summed E-state index contributed by atoms with van der Waals surface area (Å²) < 4.78 is 16.9. The van der Waals surface area contributed by atoms with Crippen LogP contribution in [0, 0.1) is 0 Å². The molecule has 0 fully saturated rings. The molecule has 0 saturated carbocycles. The summed E-state index contributed by atoms with van der Waals surface area (Å²) in [4.78, 5) is 38.4. The molecule has 0 aromatic heterocycles. The van der Waals surface area contributed by atoms with Crippen LogP contribution in [0.3, 0.4) is 0 Å². The molecular weight excluding hydrogens is 1010 g/mol. The summed E-state index contributed by atoms with van der Waals surface area (Å²) in [5.74, 6) is -0.934. The Hall–Kier alpha value is -4.19. The molecule has 0 N–H and O–H groups in total. The van der Waals surface area contributed by atoms with E-state index in [1.807, 2.05) is 0 Å². The Morgan fingerprint density at radius 3 is 0.768 bits per heavy atom. The lowest BCUT2D eigenvalue weighted by atomic mass is 10.0. The monoisotopic (exact) mass is 1140 g/mol. The van der Waals surface area contributed by atoms with E-state index < -0.39 is 6.10 Å². The van der Waals surface area contributed by atoms with Crippen LogP contribution in [0.5, 0.6) is 0 Å². The zero-order chi connectivity index (χ0) is 59.2. The van der Waals surface area contributed by atoms with Gasteiger partial charge in [-0.2, -0.15) is 0 Å². The number of rotatable bonds is 62. The summed E-state index contributed by atoms with van der Waals surface area (Å²) in [5, 5.41) is 0. The summed E-state index contributed by atoms with van der Waals surface area (Å²) in [6.07, 6.45) is 96.5. The molecule has 0 aliphatic rings. The minimum Gasteiger partial charge on any atom is -0.462 e. The van der Waals surface area contributed by atoms with Crippen LogP contribution in [0.1, 0.15) is 323 Å². The lowest BCUT2D eigenvalue weighted by molar-refractivity contribution is -0.167. The highest BCUT2D eigenvalue weighted by Gasteiger charge is 2.19. The lowest BCUT2D eigenvalue weighted by Gasteiger charge is -2.18. The Kier molecular flexibility index (Phi) is 65.8. The fourth-order valence-electron chi connectivity index (χ4n) is 9.62. The molecule has 468 valence electrons. The highest BCUT2D eigenvalue weighted by atomic mass is 16.6. The molecule has 0 aromatic rings. The first-order valence-electron chi connectivity index (χ1n) is 34.5. The van der Waals surface area contributed by atoms with Crippen LogP contribution in [0.25, 0.3) is 0 Å². The molecule has 1 unspecified atom stereocenters. The highest BCUT2D eigenvalue weighted by molar-refractivity contribution is 5.71. The quantitative estimate of drug-likeness (QED) is 0.0261. The van der Waals surface area contributed by atoms with Crippen molar-refractivity contribution in [3.8, 4) is 0 Å². The Bertz CT molecular complexity index is 1690. The van der Waals surface area contributed by atoms with Crippen molar-refractivity contribution in [2.45, 2.75) is 329 Å². The second kappa shape index (κ2) is 69.3. The molecule has 0 heterocycles. The molecule has 0 bridgehead atoms. The van der Waals surface area contributed by atoms with E-state index in [0.29, 0.717) is 19.3 Å². The number of hydrogen-bond acceptors (Lipinski definition) is 6. The molecular formula is C76H128O6. The van der Waals surface area contributed by atoms with Gasteiger partial charge >= 0.3 is 17.9 Å². The maximum Gasteiger partial charge on any atom is 0.306 e. The topological polar surface area (TPSA) is 78.9 Å². The Morgan fingerprint density at radius 2 is 0.476 bits per heavy atom. The predicted molar refractivity (Wildman–Crippen MR) is 357 cm³/mol. The second-order valence-electron chi connectivity index (χ2n) is 22.7. The largest absolute Gasteiger partial charge is 0.462 e. The Labute approximate surface area is 507 Å². The molecule has 82 heavy (non-hydrogen) atoms. The number of carbonyl (C=O) groups excluding carboxylic acids is 3. The van der Waals surface area contributed by atoms with Crippen LogP contribution in [-0.2, 0) is 28.6 Å². The smallest absolute Gasteiger partial charge is 0.306 e. The number of allylic oxidation sites excluding steroid dienone is 20. The van der Waals surface area contributed by atoms with Gasteiger partial charge in [0.1, 0.15) is 13.2 Å². The van der Waals surface area contributed by atoms with E-state index in [2.05, 4.69) is 142 Å². The summed E-state index contributed by atoms with van der Waals surface area (Å²) in [6.45, 7) is 6.41. The maximum absolute atomic E-state index is 13.0. The van der Waals surface area contributed by atoms with Gasteiger partial charge in [-0.15, -0.1) is 0 Å². The van der Waals surface area contributed by atoms with Crippen molar-refractivity contribution in [1.82, 2.24) is 0 Å². The van der Waals surface area contributed by atoms with Gasteiger partial charge < -0.3 is 14.2 Å². The van der Waals surface area contributed by atoms with E-state index in [-0.39, 0.29) is 31.1 Å². The Balaban J connectivity index is 4.38. The van der Waals surface area contributed by atoms with E-state index in [9.17, 15) is 14.4 Å². The number of unbranched alkanes of at least 4 members (excludes halogenated alkanes) is 31. The second-order valence-corrected chi connectivity index (χ2v) is 22.7. The number of hydrogen-bond donors (Lipinski definition) is 0. The third-order valence-corrected chi connectivity index (χ3v) is 14.7. The predicted octanol–water partition coefficient (Wildman–Crippen LogP) is 23.9. The van der Waals surface area contributed by atoms with Crippen molar-refractivity contribution in [2.75, 3.05) is 13.2 Å². The van der Waals surface area contributed by atoms with Crippen molar-refractivity contribution in [2.24, 2.45) is 0 Å². The average Bonchev–Trinajstić information content (AvgIpc) is 3.47. The third kappa shape index (κ3) is 66.6. The normalized spacial score (nSPS) is 12.9. The van der Waals surface area contributed by atoms with Gasteiger partial charge in [0.2, 0.25) is 0 Å².